The number of carboxylic acid groups (broad SMARTS) is 1. The lowest BCUT2D eigenvalue weighted by Gasteiger charge is -2.02. The largest absolute Gasteiger partial charge is 0.478 e. The molecule has 0 unspecified atom stereocenters. The maximum absolute atomic E-state index is 10.8. The standard InChI is InChI=1S/C12H13N3O2S/c1-2-9-7-18-12(15-9)14-6-10-5-8(11(16)17)3-4-13-10/h3-5,7H,2,6H2,1H3,(H,14,15)(H,16,17). The molecule has 2 aromatic rings. The highest BCUT2D eigenvalue weighted by Gasteiger charge is 2.05. The predicted octanol–water partition coefficient (Wildman–Crippen LogP) is 2.41. The molecule has 94 valence electrons. The second-order valence-electron chi connectivity index (χ2n) is 3.69. The molecule has 2 aromatic heterocycles. The van der Waals surface area contributed by atoms with Crippen LogP contribution in [-0.2, 0) is 13.0 Å². The number of hydrogen-bond acceptors (Lipinski definition) is 5. The zero-order valence-corrected chi connectivity index (χ0v) is 10.7. The average molecular weight is 263 g/mol. The molecule has 0 bridgehead atoms. The van der Waals surface area contributed by atoms with Crippen LogP contribution < -0.4 is 5.32 Å². The van der Waals surface area contributed by atoms with Crippen LogP contribution in [0.3, 0.4) is 0 Å². The molecule has 6 heteroatoms. The Kier molecular flexibility index (Phi) is 3.88. The van der Waals surface area contributed by atoms with Crippen molar-refractivity contribution in [1.29, 1.82) is 0 Å². The summed E-state index contributed by atoms with van der Waals surface area (Å²) in [5.41, 5.74) is 1.98. The van der Waals surface area contributed by atoms with Crippen molar-refractivity contribution in [2.75, 3.05) is 5.32 Å². The SMILES string of the molecule is CCc1csc(NCc2cc(C(=O)O)ccn2)n1. The Morgan fingerprint density at radius 3 is 3.00 bits per heavy atom. The third-order valence-electron chi connectivity index (χ3n) is 2.40. The Bertz CT molecular complexity index is 554. The molecule has 0 amide bonds. The van der Waals surface area contributed by atoms with E-state index in [1.807, 2.05) is 5.38 Å². The quantitative estimate of drug-likeness (QED) is 0.866. The van der Waals surface area contributed by atoms with Crippen molar-refractivity contribution in [2.24, 2.45) is 0 Å². The summed E-state index contributed by atoms with van der Waals surface area (Å²) < 4.78 is 0. The molecule has 18 heavy (non-hydrogen) atoms. The molecule has 2 heterocycles. The van der Waals surface area contributed by atoms with E-state index < -0.39 is 5.97 Å². The number of nitrogens with one attached hydrogen (secondary N) is 1. The van der Waals surface area contributed by atoms with Crippen LogP contribution in [0.2, 0.25) is 0 Å². The molecule has 0 saturated carbocycles. The molecule has 0 aliphatic heterocycles. The van der Waals surface area contributed by atoms with Crippen molar-refractivity contribution in [3.8, 4) is 0 Å². The molecule has 0 aliphatic rings. The number of aromatic nitrogens is 2. The van der Waals surface area contributed by atoms with E-state index in [1.165, 1.54) is 23.6 Å². The monoisotopic (exact) mass is 263 g/mol. The third-order valence-corrected chi connectivity index (χ3v) is 3.25. The van der Waals surface area contributed by atoms with Crippen LogP contribution >= 0.6 is 11.3 Å². The van der Waals surface area contributed by atoms with Gasteiger partial charge in [-0.2, -0.15) is 0 Å². The molecule has 0 radical (unpaired) electrons. The molecule has 0 saturated heterocycles. The number of hydrogen-bond donors (Lipinski definition) is 2. The number of carboxylic acids is 1. The van der Waals surface area contributed by atoms with Crippen LogP contribution in [0.1, 0.15) is 28.7 Å². The number of rotatable bonds is 5. The maximum Gasteiger partial charge on any atom is 0.335 e. The number of aromatic carboxylic acids is 1. The van der Waals surface area contributed by atoms with Crippen molar-refractivity contribution in [2.45, 2.75) is 19.9 Å². The van der Waals surface area contributed by atoms with Crippen LogP contribution in [0.25, 0.3) is 0 Å². The van der Waals surface area contributed by atoms with Gasteiger partial charge in [0.05, 0.1) is 23.5 Å². The van der Waals surface area contributed by atoms with Crippen molar-refractivity contribution in [3.63, 3.8) is 0 Å². The van der Waals surface area contributed by atoms with Gasteiger partial charge in [0.25, 0.3) is 0 Å². The van der Waals surface area contributed by atoms with Gasteiger partial charge in [-0.25, -0.2) is 9.78 Å². The van der Waals surface area contributed by atoms with Crippen LogP contribution in [0.15, 0.2) is 23.7 Å². The second-order valence-corrected chi connectivity index (χ2v) is 4.55. The first-order valence-corrected chi connectivity index (χ1v) is 6.43. The molecule has 0 fully saturated rings. The van der Waals surface area contributed by atoms with Gasteiger partial charge >= 0.3 is 5.97 Å². The van der Waals surface area contributed by atoms with Crippen molar-refractivity contribution >= 4 is 22.4 Å². The number of nitrogens with zero attached hydrogens (tertiary/aromatic N) is 2. The lowest BCUT2D eigenvalue weighted by atomic mass is 10.2. The molecule has 0 spiro atoms. The summed E-state index contributed by atoms with van der Waals surface area (Å²) in [6, 6.07) is 3.04. The first-order valence-electron chi connectivity index (χ1n) is 5.55. The van der Waals surface area contributed by atoms with E-state index in [1.54, 1.807) is 6.07 Å². The zero-order valence-electron chi connectivity index (χ0n) is 9.88. The van der Waals surface area contributed by atoms with Crippen molar-refractivity contribution in [1.82, 2.24) is 9.97 Å². The lowest BCUT2D eigenvalue weighted by molar-refractivity contribution is 0.0696. The van der Waals surface area contributed by atoms with Gasteiger partial charge in [0.1, 0.15) is 0 Å². The van der Waals surface area contributed by atoms with Gasteiger partial charge in [-0.3, -0.25) is 4.98 Å². The van der Waals surface area contributed by atoms with E-state index in [4.69, 9.17) is 5.11 Å². The maximum atomic E-state index is 10.8. The number of thiazole rings is 1. The summed E-state index contributed by atoms with van der Waals surface area (Å²) in [5.74, 6) is -0.943. The van der Waals surface area contributed by atoms with Gasteiger partial charge in [-0.1, -0.05) is 6.92 Å². The highest BCUT2D eigenvalue weighted by molar-refractivity contribution is 7.13. The highest BCUT2D eigenvalue weighted by Crippen LogP contribution is 2.16. The number of anilines is 1. The van der Waals surface area contributed by atoms with Crippen molar-refractivity contribution < 1.29 is 9.90 Å². The topological polar surface area (TPSA) is 75.1 Å². The smallest absolute Gasteiger partial charge is 0.335 e. The van der Waals surface area contributed by atoms with Gasteiger partial charge in [-0.15, -0.1) is 11.3 Å². The minimum atomic E-state index is -0.943. The van der Waals surface area contributed by atoms with Crippen LogP contribution in [0.4, 0.5) is 5.13 Å². The lowest BCUT2D eigenvalue weighted by Crippen LogP contribution is -2.04. The molecule has 2 rings (SSSR count). The fourth-order valence-electron chi connectivity index (χ4n) is 1.42. The normalized spacial score (nSPS) is 10.3. The molecule has 2 N–H and O–H groups in total. The minimum absolute atomic E-state index is 0.246. The van der Waals surface area contributed by atoms with Crippen LogP contribution in [0, 0.1) is 0 Å². The van der Waals surface area contributed by atoms with E-state index in [0.29, 0.717) is 12.2 Å². The van der Waals surface area contributed by atoms with Crippen molar-refractivity contribution in [3.05, 3.63) is 40.7 Å². The summed E-state index contributed by atoms with van der Waals surface area (Å²) in [6.07, 6.45) is 2.41. The zero-order chi connectivity index (χ0) is 13.0. The Morgan fingerprint density at radius 2 is 2.33 bits per heavy atom. The molecule has 0 atom stereocenters. The Morgan fingerprint density at radius 1 is 1.50 bits per heavy atom. The van der Waals surface area contributed by atoms with Gasteiger partial charge in [0.2, 0.25) is 0 Å². The summed E-state index contributed by atoms with van der Waals surface area (Å²) >= 11 is 1.54. The number of carbonyl (C=O) groups is 1. The van der Waals surface area contributed by atoms with E-state index in [9.17, 15) is 4.79 Å². The summed E-state index contributed by atoms with van der Waals surface area (Å²) in [7, 11) is 0. The highest BCUT2D eigenvalue weighted by atomic mass is 32.1. The fourth-order valence-corrected chi connectivity index (χ4v) is 2.22. The van der Waals surface area contributed by atoms with E-state index in [-0.39, 0.29) is 5.56 Å². The van der Waals surface area contributed by atoms with E-state index in [0.717, 1.165) is 17.2 Å². The molecule has 0 aliphatic carbocycles. The van der Waals surface area contributed by atoms with E-state index in [2.05, 4.69) is 22.2 Å². The molecule has 5 nitrogen and oxygen atoms in total. The first kappa shape index (κ1) is 12.5. The first-order chi connectivity index (χ1) is 8.69. The second kappa shape index (κ2) is 5.59. The van der Waals surface area contributed by atoms with Gasteiger partial charge in [0.15, 0.2) is 5.13 Å². The van der Waals surface area contributed by atoms with Crippen LogP contribution in [-0.4, -0.2) is 21.0 Å². The third kappa shape index (κ3) is 3.04. The number of aryl methyl sites for hydroxylation is 1. The summed E-state index contributed by atoms with van der Waals surface area (Å²) in [4.78, 5) is 19.3. The van der Waals surface area contributed by atoms with Gasteiger partial charge in [0, 0.05) is 11.6 Å². The van der Waals surface area contributed by atoms with Crippen LogP contribution in [0.5, 0.6) is 0 Å². The van der Waals surface area contributed by atoms with Gasteiger partial charge < -0.3 is 10.4 Å². The Labute approximate surface area is 109 Å². The van der Waals surface area contributed by atoms with Gasteiger partial charge in [-0.05, 0) is 18.6 Å². The minimum Gasteiger partial charge on any atom is -0.478 e. The summed E-state index contributed by atoms with van der Waals surface area (Å²) in [5, 5.41) is 14.8. The summed E-state index contributed by atoms with van der Waals surface area (Å²) in [6.45, 7) is 2.52. The molecular weight excluding hydrogens is 250 g/mol. The Hall–Kier alpha value is -1.95. The Balaban J connectivity index is 2.01. The molecular formula is C12H13N3O2S. The fraction of sp³-hybridized carbons (Fsp3) is 0.250. The predicted molar refractivity (Wildman–Crippen MR) is 70.0 cm³/mol. The van der Waals surface area contributed by atoms with E-state index >= 15 is 0 Å². The average Bonchev–Trinajstić information content (AvgIpc) is 2.84. The number of pyridine rings is 1. The molecule has 0 aromatic carbocycles.